The third-order valence-corrected chi connectivity index (χ3v) is 3.15. The molecule has 1 aliphatic rings. The normalized spacial score (nSPS) is 16.3. The van der Waals surface area contributed by atoms with Crippen LogP contribution in [0.4, 0.5) is 5.82 Å². The Balaban J connectivity index is 2.01. The molecule has 18 heavy (non-hydrogen) atoms. The van der Waals surface area contributed by atoms with E-state index in [1.165, 1.54) is 6.33 Å². The first-order valence-electron chi connectivity index (χ1n) is 6.48. The van der Waals surface area contributed by atoms with Crippen molar-refractivity contribution in [3.8, 4) is 0 Å². The van der Waals surface area contributed by atoms with Gasteiger partial charge in [-0.15, -0.1) is 0 Å². The maximum absolute atomic E-state index is 10.8. The predicted molar refractivity (Wildman–Crippen MR) is 68.4 cm³/mol. The Morgan fingerprint density at radius 2 is 2.33 bits per heavy atom. The number of aryl methyl sites for hydroxylation is 1. The molecule has 5 nitrogen and oxygen atoms in total. The summed E-state index contributed by atoms with van der Waals surface area (Å²) in [7, 11) is 0. The maximum Gasteiger partial charge on any atom is 0.305 e. The number of anilines is 1. The number of carboxylic acids is 1. The molecule has 1 atom stereocenters. The largest absolute Gasteiger partial charge is 0.481 e. The molecule has 0 bridgehead atoms. The SMILES string of the molecule is CCCc1cc(NC(CC(=O)O)C2CC2)ncn1. The summed E-state index contributed by atoms with van der Waals surface area (Å²) >= 11 is 0. The average molecular weight is 249 g/mol. The quantitative estimate of drug-likeness (QED) is 0.774. The van der Waals surface area contributed by atoms with E-state index in [4.69, 9.17) is 5.11 Å². The van der Waals surface area contributed by atoms with Gasteiger partial charge in [0.05, 0.1) is 6.42 Å². The van der Waals surface area contributed by atoms with Gasteiger partial charge in [0, 0.05) is 17.8 Å². The van der Waals surface area contributed by atoms with Crippen molar-refractivity contribution < 1.29 is 9.90 Å². The third kappa shape index (κ3) is 3.68. The minimum Gasteiger partial charge on any atom is -0.481 e. The Hall–Kier alpha value is -1.65. The lowest BCUT2D eigenvalue weighted by Crippen LogP contribution is -2.25. The van der Waals surface area contributed by atoms with Gasteiger partial charge in [-0.1, -0.05) is 13.3 Å². The van der Waals surface area contributed by atoms with E-state index in [1.54, 1.807) is 0 Å². The molecule has 5 heteroatoms. The second kappa shape index (κ2) is 5.80. The Morgan fingerprint density at radius 1 is 1.56 bits per heavy atom. The van der Waals surface area contributed by atoms with Crippen LogP contribution < -0.4 is 5.32 Å². The lowest BCUT2D eigenvalue weighted by atomic mass is 10.1. The molecular formula is C13H19N3O2. The molecule has 0 spiro atoms. The minimum atomic E-state index is -0.762. The van der Waals surface area contributed by atoms with Crippen molar-refractivity contribution in [2.75, 3.05) is 5.32 Å². The van der Waals surface area contributed by atoms with Gasteiger partial charge < -0.3 is 10.4 Å². The summed E-state index contributed by atoms with van der Waals surface area (Å²) in [5.74, 6) is 0.458. The molecule has 1 aromatic rings. The molecular weight excluding hydrogens is 230 g/mol. The smallest absolute Gasteiger partial charge is 0.305 e. The fourth-order valence-electron chi connectivity index (χ4n) is 2.08. The molecule has 1 aromatic heterocycles. The maximum atomic E-state index is 10.8. The van der Waals surface area contributed by atoms with Gasteiger partial charge in [-0.2, -0.15) is 0 Å². The number of hydrogen-bond acceptors (Lipinski definition) is 4. The first kappa shape index (κ1) is 12.8. The van der Waals surface area contributed by atoms with Crippen LogP contribution in [0.3, 0.4) is 0 Å². The molecule has 1 saturated carbocycles. The fraction of sp³-hybridized carbons (Fsp3) is 0.615. The molecule has 2 rings (SSSR count). The molecule has 0 saturated heterocycles. The van der Waals surface area contributed by atoms with Gasteiger partial charge >= 0.3 is 5.97 Å². The van der Waals surface area contributed by atoms with Crippen LogP contribution in [0, 0.1) is 5.92 Å². The Labute approximate surface area is 107 Å². The van der Waals surface area contributed by atoms with Gasteiger partial charge in [-0.05, 0) is 25.2 Å². The lowest BCUT2D eigenvalue weighted by molar-refractivity contribution is -0.137. The number of hydrogen-bond donors (Lipinski definition) is 2. The number of nitrogens with zero attached hydrogens (tertiary/aromatic N) is 2. The monoisotopic (exact) mass is 249 g/mol. The minimum absolute atomic E-state index is 0.00752. The van der Waals surface area contributed by atoms with Crippen molar-refractivity contribution in [3.05, 3.63) is 18.1 Å². The second-order valence-corrected chi connectivity index (χ2v) is 4.83. The molecule has 98 valence electrons. The molecule has 1 aliphatic carbocycles. The molecule has 0 aliphatic heterocycles. The Kier molecular flexibility index (Phi) is 4.12. The Morgan fingerprint density at radius 3 is 2.94 bits per heavy atom. The van der Waals surface area contributed by atoms with E-state index >= 15 is 0 Å². The van der Waals surface area contributed by atoms with E-state index in [0.29, 0.717) is 5.92 Å². The topological polar surface area (TPSA) is 75.1 Å². The van der Waals surface area contributed by atoms with Crippen LogP contribution in [-0.4, -0.2) is 27.1 Å². The molecule has 0 radical (unpaired) electrons. The third-order valence-electron chi connectivity index (χ3n) is 3.15. The summed E-state index contributed by atoms with van der Waals surface area (Å²) in [5.41, 5.74) is 1.000. The number of aromatic nitrogens is 2. The highest BCUT2D eigenvalue weighted by atomic mass is 16.4. The van der Waals surface area contributed by atoms with E-state index in [9.17, 15) is 4.79 Å². The highest BCUT2D eigenvalue weighted by Gasteiger charge is 2.32. The molecule has 1 heterocycles. The number of nitrogens with one attached hydrogen (secondary N) is 1. The number of carboxylic acid groups (broad SMARTS) is 1. The van der Waals surface area contributed by atoms with E-state index in [0.717, 1.165) is 37.2 Å². The zero-order chi connectivity index (χ0) is 13.0. The predicted octanol–water partition coefficient (Wildman–Crippen LogP) is 2.09. The summed E-state index contributed by atoms with van der Waals surface area (Å²) in [6.45, 7) is 2.10. The van der Waals surface area contributed by atoms with Gasteiger partial charge in [0.1, 0.15) is 12.1 Å². The van der Waals surface area contributed by atoms with Crippen LogP contribution in [0.1, 0.15) is 38.3 Å². The van der Waals surface area contributed by atoms with E-state index in [-0.39, 0.29) is 12.5 Å². The highest BCUT2D eigenvalue weighted by molar-refractivity contribution is 5.68. The van der Waals surface area contributed by atoms with Crippen molar-refractivity contribution in [1.82, 2.24) is 9.97 Å². The van der Waals surface area contributed by atoms with E-state index < -0.39 is 5.97 Å². The zero-order valence-corrected chi connectivity index (χ0v) is 10.6. The second-order valence-electron chi connectivity index (χ2n) is 4.83. The van der Waals surface area contributed by atoms with Crippen molar-refractivity contribution >= 4 is 11.8 Å². The average Bonchev–Trinajstić information content (AvgIpc) is 3.12. The van der Waals surface area contributed by atoms with E-state index in [2.05, 4.69) is 22.2 Å². The summed E-state index contributed by atoms with van der Waals surface area (Å²) in [4.78, 5) is 19.2. The zero-order valence-electron chi connectivity index (χ0n) is 10.6. The molecule has 0 aromatic carbocycles. The molecule has 1 fully saturated rings. The van der Waals surface area contributed by atoms with Crippen LogP contribution in [0.5, 0.6) is 0 Å². The van der Waals surface area contributed by atoms with Crippen LogP contribution in [0.2, 0.25) is 0 Å². The summed E-state index contributed by atoms with van der Waals surface area (Å²) in [6.07, 6.45) is 5.87. The first-order valence-corrected chi connectivity index (χ1v) is 6.48. The highest BCUT2D eigenvalue weighted by Crippen LogP contribution is 2.35. The standard InChI is InChI=1S/C13H19N3O2/c1-2-3-10-6-12(15-8-14-10)16-11(7-13(17)18)9-4-5-9/h6,8-9,11H,2-5,7H2,1H3,(H,17,18)(H,14,15,16). The van der Waals surface area contributed by atoms with Crippen molar-refractivity contribution in [2.24, 2.45) is 5.92 Å². The molecule has 2 N–H and O–H groups in total. The van der Waals surface area contributed by atoms with Crippen LogP contribution in [0.15, 0.2) is 12.4 Å². The van der Waals surface area contributed by atoms with Gasteiger partial charge in [0.2, 0.25) is 0 Å². The van der Waals surface area contributed by atoms with Crippen LogP contribution in [-0.2, 0) is 11.2 Å². The lowest BCUT2D eigenvalue weighted by Gasteiger charge is -2.16. The number of aliphatic carboxylic acids is 1. The van der Waals surface area contributed by atoms with Crippen molar-refractivity contribution in [1.29, 1.82) is 0 Å². The van der Waals surface area contributed by atoms with Gasteiger partial charge in [-0.3, -0.25) is 4.79 Å². The van der Waals surface area contributed by atoms with Gasteiger partial charge in [0.15, 0.2) is 0 Å². The molecule has 0 amide bonds. The van der Waals surface area contributed by atoms with Gasteiger partial charge in [0.25, 0.3) is 0 Å². The van der Waals surface area contributed by atoms with Crippen molar-refractivity contribution in [3.63, 3.8) is 0 Å². The van der Waals surface area contributed by atoms with E-state index in [1.807, 2.05) is 6.07 Å². The summed E-state index contributed by atoms with van der Waals surface area (Å²) in [6, 6.07) is 1.91. The van der Waals surface area contributed by atoms with Gasteiger partial charge in [-0.25, -0.2) is 9.97 Å². The van der Waals surface area contributed by atoms with Crippen molar-refractivity contribution in [2.45, 2.75) is 45.1 Å². The number of rotatable bonds is 7. The van der Waals surface area contributed by atoms with Crippen LogP contribution >= 0.6 is 0 Å². The Bertz CT molecular complexity index is 418. The first-order chi connectivity index (χ1) is 8.69. The summed E-state index contributed by atoms with van der Waals surface area (Å²) < 4.78 is 0. The number of carbonyl (C=O) groups is 1. The summed E-state index contributed by atoms with van der Waals surface area (Å²) in [5, 5.41) is 12.1. The van der Waals surface area contributed by atoms with Crippen LogP contribution in [0.25, 0.3) is 0 Å². The molecule has 1 unspecified atom stereocenters. The fourth-order valence-corrected chi connectivity index (χ4v) is 2.08.